The minimum absolute atomic E-state index is 0.0163. The van der Waals surface area contributed by atoms with Gasteiger partial charge in [-0.15, -0.1) is 0 Å². The normalized spacial score (nSPS) is 13.9. The van der Waals surface area contributed by atoms with Gasteiger partial charge in [0, 0.05) is 36.3 Å². The van der Waals surface area contributed by atoms with Gasteiger partial charge in [-0.1, -0.05) is 6.07 Å². The molecule has 0 unspecified atom stereocenters. The van der Waals surface area contributed by atoms with E-state index in [0.717, 1.165) is 22.0 Å². The van der Waals surface area contributed by atoms with Gasteiger partial charge in [0.05, 0.1) is 24.3 Å². The molecular weight excluding hydrogens is 421 g/mol. The Bertz CT molecular complexity index is 1370. The summed E-state index contributed by atoms with van der Waals surface area (Å²) in [6.45, 7) is 5.05. The summed E-state index contributed by atoms with van der Waals surface area (Å²) < 4.78 is 22.4. The van der Waals surface area contributed by atoms with Crippen molar-refractivity contribution in [3.8, 4) is 11.5 Å². The molecule has 0 saturated carbocycles. The molecule has 4 aromatic rings. The van der Waals surface area contributed by atoms with Crippen LogP contribution in [-0.2, 0) is 13.6 Å². The Kier molecular flexibility index (Phi) is 5.20. The number of benzene rings is 2. The average Bonchev–Trinajstić information content (AvgIpc) is 3.35. The SMILES string of the molecule is CCN1Cc2c(ccnc2N[C@@H](C)c2ccc(Oc3ccc4c(cnn4C)c3)c(F)c2)C1=O. The second kappa shape index (κ2) is 8.20. The van der Waals surface area contributed by atoms with Gasteiger partial charge in [-0.3, -0.25) is 9.48 Å². The van der Waals surface area contributed by atoms with Crippen LogP contribution in [0.5, 0.6) is 11.5 Å². The molecule has 168 valence electrons. The number of anilines is 1. The maximum absolute atomic E-state index is 14.9. The maximum atomic E-state index is 14.9. The van der Waals surface area contributed by atoms with E-state index in [1.807, 2.05) is 39.1 Å². The van der Waals surface area contributed by atoms with E-state index in [-0.39, 0.29) is 17.7 Å². The average molecular weight is 445 g/mol. The van der Waals surface area contributed by atoms with Crippen LogP contribution in [0.1, 0.15) is 41.4 Å². The van der Waals surface area contributed by atoms with Gasteiger partial charge in [0.15, 0.2) is 11.6 Å². The number of nitrogens with one attached hydrogen (secondary N) is 1. The molecule has 0 radical (unpaired) electrons. The second-order valence-corrected chi connectivity index (χ2v) is 8.15. The number of carbonyl (C=O) groups excluding carboxylic acids is 1. The molecule has 1 aliphatic heterocycles. The van der Waals surface area contributed by atoms with Crippen LogP contribution in [0.15, 0.2) is 54.9 Å². The van der Waals surface area contributed by atoms with Gasteiger partial charge in [0.2, 0.25) is 0 Å². The van der Waals surface area contributed by atoms with Gasteiger partial charge < -0.3 is 15.0 Å². The number of aromatic nitrogens is 3. The molecule has 0 aliphatic carbocycles. The molecule has 1 amide bonds. The van der Waals surface area contributed by atoms with Gasteiger partial charge in [0.1, 0.15) is 11.6 Å². The number of pyridine rings is 1. The van der Waals surface area contributed by atoms with Crippen molar-refractivity contribution in [3.63, 3.8) is 0 Å². The second-order valence-electron chi connectivity index (χ2n) is 8.15. The number of carbonyl (C=O) groups is 1. The Balaban J connectivity index is 1.34. The van der Waals surface area contributed by atoms with Gasteiger partial charge >= 0.3 is 0 Å². The predicted octanol–water partition coefficient (Wildman–Crippen LogP) is 5.05. The molecule has 0 spiro atoms. The number of ether oxygens (including phenoxy) is 1. The van der Waals surface area contributed by atoms with Crippen molar-refractivity contribution in [1.82, 2.24) is 19.7 Å². The third-order valence-corrected chi connectivity index (χ3v) is 6.06. The number of aryl methyl sites for hydroxylation is 1. The van der Waals surface area contributed by atoms with Crippen LogP contribution in [0.4, 0.5) is 10.2 Å². The lowest BCUT2D eigenvalue weighted by Crippen LogP contribution is -2.22. The van der Waals surface area contributed by atoms with Crippen molar-refractivity contribution >= 4 is 22.6 Å². The quantitative estimate of drug-likeness (QED) is 0.450. The summed E-state index contributed by atoms with van der Waals surface area (Å²) in [5.74, 6) is 0.906. The number of fused-ring (bicyclic) bond motifs is 2. The van der Waals surface area contributed by atoms with E-state index in [0.29, 0.717) is 30.2 Å². The summed E-state index contributed by atoms with van der Waals surface area (Å²) in [6, 6.07) is 12.0. The van der Waals surface area contributed by atoms with E-state index in [1.165, 1.54) is 6.07 Å². The Morgan fingerprint density at radius 2 is 2.06 bits per heavy atom. The minimum atomic E-state index is -0.453. The van der Waals surface area contributed by atoms with E-state index in [9.17, 15) is 9.18 Å². The summed E-state index contributed by atoms with van der Waals surface area (Å²) in [5.41, 5.74) is 3.27. The number of hydrogen-bond donors (Lipinski definition) is 1. The highest BCUT2D eigenvalue weighted by Crippen LogP contribution is 2.32. The Morgan fingerprint density at radius 3 is 2.85 bits per heavy atom. The first-order valence-electron chi connectivity index (χ1n) is 10.9. The van der Waals surface area contributed by atoms with Gasteiger partial charge in [-0.2, -0.15) is 5.10 Å². The number of amides is 1. The highest BCUT2D eigenvalue weighted by molar-refractivity contribution is 5.99. The number of rotatable bonds is 6. The van der Waals surface area contributed by atoms with Crippen molar-refractivity contribution < 1.29 is 13.9 Å². The summed E-state index contributed by atoms with van der Waals surface area (Å²) >= 11 is 0. The number of halogens is 1. The lowest BCUT2D eigenvalue weighted by Gasteiger charge is -2.18. The fraction of sp³-hybridized carbons (Fsp3) is 0.240. The molecule has 2 aromatic heterocycles. The third-order valence-electron chi connectivity index (χ3n) is 6.06. The topological polar surface area (TPSA) is 72.3 Å². The zero-order valence-corrected chi connectivity index (χ0v) is 18.7. The zero-order chi connectivity index (χ0) is 23.1. The van der Waals surface area contributed by atoms with Crippen molar-refractivity contribution in [3.05, 3.63) is 77.4 Å². The van der Waals surface area contributed by atoms with Crippen molar-refractivity contribution in [2.45, 2.75) is 26.4 Å². The van der Waals surface area contributed by atoms with Crippen LogP contribution in [-0.4, -0.2) is 32.1 Å². The Morgan fingerprint density at radius 1 is 1.21 bits per heavy atom. The van der Waals surface area contributed by atoms with Crippen LogP contribution in [0.25, 0.3) is 10.9 Å². The smallest absolute Gasteiger partial charge is 0.254 e. The highest BCUT2D eigenvalue weighted by atomic mass is 19.1. The summed E-state index contributed by atoms with van der Waals surface area (Å²) in [7, 11) is 1.87. The van der Waals surface area contributed by atoms with Crippen LogP contribution < -0.4 is 10.1 Å². The molecule has 2 aromatic carbocycles. The molecule has 1 aliphatic rings. The summed E-state index contributed by atoms with van der Waals surface area (Å²) in [6.07, 6.45) is 3.37. The molecule has 7 nitrogen and oxygen atoms in total. The lowest BCUT2D eigenvalue weighted by molar-refractivity contribution is 0.0787. The van der Waals surface area contributed by atoms with Gasteiger partial charge in [-0.05, 0) is 55.8 Å². The molecule has 0 fully saturated rings. The third kappa shape index (κ3) is 3.77. The zero-order valence-electron chi connectivity index (χ0n) is 18.7. The molecule has 8 heteroatoms. The molecule has 33 heavy (non-hydrogen) atoms. The maximum Gasteiger partial charge on any atom is 0.254 e. The first-order valence-corrected chi connectivity index (χ1v) is 10.9. The van der Waals surface area contributed by atoms with Crippen molar-refractivity contribution in [1.29, 1.82) is 0 Å². The van der Waals surface area contributed by atoms with Crippen molar-refractivity contribution in [2.75, 3.05) is 11.9 Å². The number of nitrogens with zero attached hydrogens (tertiary/aromatic N) is 4. The molecule has 1 N–H and O–H groups in total. The molecule has 1 atom stereocenters. The summed E-state index contributed by atoms with van der Waals surface area (Å²) in [5, 5.41) is 8.47. The van der Waals surface area contributed by atoms with E-state index in [2.05, 4.69) is 15.4 Å². The predicted molar refractivity (Wildman–Crippen MR) is 124 cm³/mol. The van der Waals surface area contributed by atoms with Crippen LogP contribution in [0.3, 0.4) is 0 Å². The first kappa shape index (κ1) is 20.9. The van der Waals surface area contributed by atoms with Crippen LogP contribution in [0, 0.1) is 5.82 Å². The van der Waals surface area contributed by atoms with E-state index < -0.39 is 5.82 Å². The lowest BCUT2D eigenvalue weighted by atomic mass is 10.1. The fourth-order valence-electron chi connectivity index (χ4n) is 4.16. The first-order chi connectivity index (χ1) is 15.9. The van der Waals surface area contributed by atoms with Gasteiger partial charge in [-0.25, -0.2) is 9.37 Å². The van der Waals surface area contributed by atoms with Crippen molar-refractivity contribution in [2.24, 2.45) is 7.05 Å². The monoisotopic (exact) mass is 445 g/mol. The van der Waals surface area contributed by atoms with Crippen LogP contribution in [0.2, 0.25) is 0 Å². The highest BCUT2D eigenvalue weighted by Gasteiger charge is 2.29. The largest absolute Gasteiger partial charge is 0.454 e. The van der Waals surface area contributed by atoms with E-state index >= 15 is 0 Å². The summed E-state index contributed by atoms with van der Waals surface area (Å²) in [4.78, 5) is 18.6. The number of hydrogen-bond acceptors (Lipinski definition) is 5. The molecule has 0 saturated heterocycles. The van der Waals surface area contributed by atoms with E-state index in [1.54, 1.807) is 40.2 Å². The molecular formula is C25H24FN5O2. The molecule has 5 rings (SSSR count). The fourth-order valence-corrected chi connectivity index (χ4v) is 4.16. The molecule has 0 bridgehead atoms. The Labute approximate surface area is 190 Å². The standard InChI is InChI=1S/C25H24FN5O2/c1-4-31-14-20-19(25(31)32)9-10-27-24(20)29-15(2)16-5-8-23(21(26)12-16)33-18-6-7-22-17(11-18)13-28-30(22)3/h5-13,15H,4,14H2,1-3H3,(H,27,29)/t15-/m0/s1. The molecule has 3 heterocycles. The Hall–Kier alpha value is -3.94. The van der Waals surface area contributed by atoms with Gasteiger partial charge in [0.25, 0.3) is 5.91 Å². The minimum Gasteiger partial charge on any atom is -0.454 e. The van der Waals surface area contributed by atoms with Crippen LogP contribution >= 0.6 is 0 Å². The van der Waals surface area contributed by atoms with E-state index in [4.69, 9.17) is 4.74 Å².